The molecule has 3 aliphatic rings. The normalized spacial score (nSPS) is 44.4. The lowest BCUT2D eigenvalue weighted by Crippen LogP contribution is -2.34. The number of ether oxygens (including phenoxy) is 4. The highest BCUT2D eigenvalue weighted by atomic mass is 16.8. The van der Waals surface area contributed by atoms with E-state index >= 15 is 0 Å². The molecule has 11 heavy (non-hydrogen) atoms. The average molecular weight is 154 g/mol. The van der Waals surface area contributed by atoms with Crippen molar-refractivity contribution in [3.05, 3.63) is 24.4 Å². The molecule has 0 saturated carbocycles. The summed E-state index contributed by atoms with van der Waals surface area (Å²) in [6.07, 6.45) is 4.58. The van der Waals surface area contributed by atoms with Crippen LogP contribution in [0.3, 0.4) is 0 Å². The van der Waals surface area contributed by atoms with Crippen LogP contribution in [-0.4, -0.2) is 18.7 Å². The largest absolute Gasteiger partial charge is 0.465 e. The second-order valence-electron chi connectivity index (χ2n) is 2.59. The van der Waals surface area contributed by atoms with Crippen LogP contribution >= 0.6 is 0 Å². The SMILES string of the molecule is C1=CC23OCOC2OC=C3O1. The maximum Gasteiger partial charge on any atom is 0.242 e. The molecule has 4 heteroatoms. The fourth-order valence-corrected chi connectivity index (χ4v) is 1.47. The van der Waals surface area contributed by atoms with Crippen molar-refractivity contribution in [1.29, 1.82) is 0 Å². The van der Waals surface area contributed by atoms with Crippen molar-refractivity contribution in [3.8, 4) is 0 Å². The number of hydrogen-bond acceptors (Lipinski definition) is 4. The molecule has 0 aromatic heterocycles. The second kappa shape index (κ2) is 1.60. The van der Waals surface area contributed by atoms with Crippen LogP contribution in [0.5, 0.6) is 0 Å². The fourth-order valence-electron chi connectivity index (χ4n) is 1.47. The summed E-state index contributed by atoms with van der Waals surface area (Å²) >= 11 is 0. The van der Waals surface area contributed by atoms with Crippen molar-refractivity contribution in [2.75, 3.05) is 6.79 Å². The van der Waals surface area contributed by atoms with Gasteiger partial charge in [-0.15, -0.1) is 0 Å². The third-order valence-corrected chi connectivity index (χ3v) is 2.06. The third kappa shape index (κ3) is 0.490. The highest BCUT2D eigenvalue weighted by Crippen LogP contribution is 2.43. The highest BCUT2D eigenvalue weighted by molar-refractivity contribution is 5.30. The summed E-state index contributed by atoms with van der Waals surface area (Å²) in [5.74, 6) is 0.681. The predicted octanol–water partition coefficient (Wildman–Crippen LogP) is 0.471. The Hall–Kier alpha value is -1.00. The van der Waals surface area contributed by atoms with Crippen LogP contribution < -0.4 is 0 Å². The lowest BCUT2D eigenvalue weighted by molar-refractivity contribution is -0.0693. The summed E-state index contributed by atoms with van der Waals surface area (Å²) < 4.78 is 20.8. The van der Waals surface area contributed by atoms with Gasteiger partial charge in [0.2, 0.25) is 11.9 Å². The molecule has 0 bridgehead atoms. The first-order valence-corrected chi connectivity index (χ1v) is 3.38. The topological polar surface area (TPSA) is 36.9 Å². The zero-order valence-electron chi connectivity index (χ0n) is 5.65. The Bertz CT molecular complexity index is 257. The molecule has 0 radical (unpaired) electrons. The summed E-state index contributed by atoms with van der Waals surface area (Å²) in [6.45, 7) is 0.260. The number of rotatable bonds is 0. The quantitative estimate of drug-likeness (QED) is 0.508. The molecule has 2 unspecified atom stereocenters. The Morgan fingerprint density at radius 3 is 3.55 bits per heavy atom. The van der Waals surface area contributed by atoms with E-state index in [4.69, 9.17) is 18.9 Å². The summed E-state index contributed by atoms with van der Waals surface area (Å²) in [6, 6.07) is 0. The lowest BCUT2D eigenvalue weighted by Gasteiger charge is -2.16. The maximum atomic E-state index is 5.36. The van der Waals surface area contributed by atoms with Crippen molar-refractivity contribution in [3.63, 3.8) is 0 Å². The Morgan fingerprint density at radius 2 is 2.55 bits per heavy atom. The van der Waals surface area contributed by atoms with Gasteiger partial charge >= 0.3 is 0 Å². The van der Waals surface area contributed by atoms with Gasteiger partial charge in [-0.05, 0) is 6.08 Å². The van der Waals surface area contributed by atoms with Crippen molar-refractivity contribution in [2.24, 2.45) is 0 Å². The molecular formula is C7H6O4. The molecular weight excluding hydrogens is 148 g/mol. The van der Waals surface area contributed by atoms with Crippen LogP contribution in [0.2, 0.25) is 0 Å². The minimum atomic E-state index is -0.569. The van der Waals surface area contributed by atoms with Gasteiger partial charge in [0.25, 0.3) is 0 Å². The van der Waals surface area contributed by atoms with Crippen LogP contribution in [0, 0.1) is 0 Å². The van der Waals surface area contributed by atoms with Gasteiger partial charge in [0.15, 0.2) is 12.6 Å². The van der Waals surface area contributed by atoms with E-state index in [1.165, 1.54) is 6.26 Å². The molecule has 3 aliphatic heterocycles. The van der Waals surface area contributed by atoms with Gasteiger partial charge in [-0.1, -0.05) is 0 Å². The molecule has 2 atom stereocenters. The molecule has 1 fully saturated rings. The van der Waals surface area contributed by atoms with E-state index in [2.05, 4.69) is 0 Å². The molecule has 0 N–H and O–H groups in total. The van der Waals surface area contributed by atoms with E-state index < -0.39 is 5.60 Å². The van der Waals surface area contributed by atoms with Crippen LogP contribution in [0.4, 0.5) is 0 Å². The Morgan fingerprint density at radius 1 is 1.55 bits per heavy atom. The average Bonchev–Trinajstić information content (AvgIpc) is 2.55. The van der Waals surface area contributed by atoms with E-state index in [1.54, 1.807) is 6.26 Å². The minimum absolute atomic E-state index is 0.260. The smallest absolute Gasteiger partial charge is 0.242 e. The van der Waals surface area contributed by atoms with Gasteiger partial charge in [0.1, 0.15) is 6.26 Å². The molecule has 1 saturated heterocycles. The zero-order valence-corrected chi connectivity index (χ0v) is 5.65. The van der Waals surface area contributed by atoms with Gasteiger partial charge in [-0.3, -0.25) is 0 Å². The van der Waals surface area contributed by atoms with Gasteiger partial charge in [-0.2, -0.15) is 0 Å². The van der Waals surface area contributed by atoms with Crippen LogP contribution in [0.25, 0.3) is 0 Å². The first kappa shape index (κ1) is 5.62. The molecule has 1 spiro atoms. The molecule has 0 aromatic carbocycles. The minimum Gasteiger partial charge on any atom is -0.465 e. The molecule has 0 aliphatic carbocycles. The van der Waals surface area contributed by atoms with E-state index in [1.807, 2.05) is 6.08 Å². The fraction of sp³-hybridized carbons (Fsp3) is 0.429. The van der Waals surface area contributed by atoms with Gasteiger partial charge < -0.3 is 18.9 Å². The summed E-state index contributed by atoms with van der Waals surface area (Å²) in [7, 11) is 0. The molecule has 3 rings (SSSR count). The van der Waals surface area contributed by atoms with E-state index in [-0.39, 0.29) is 13.1 Å². The first-order chi connectivity index (χ1) is 5.42. The van der Waals surface area contributed by atoms with Gasteiger partial charge in [0, 0.05) is 0 Å². The molecule has 4 nitrogen and oxygen atoms in total. The summed E-state index contributed by atoms with van der Waals surface area (Å²) in [5, 5.41) is 0. The maximum absolute atomic E-state index is 5.36. The zero-order chi connectivity index (χ0) is 7.31. The monoisotopic (exact) mass is 154 g/mol. The molecule has 58 valence electrons. The third-order valence-electron chi connectivity index (χ3n) is 2.06. The second-order valence-corrected chi connectivity index (χ2v) is 2.59. The molecule has 3 heterocycles. The van der Waals surface area contributed by atoms with Crippen molar-refractivity contribution in [2.45, 2.75) is 11.9 Å². The van der Waals surface area contributed by atoms with Crippen molar-refractivity contribution >= 4 is 0 Å². The van der Waals surface area contributed by atoms with E-state index in [0.717, 1.165) is 0 Å². The highest BCUT2D eigenvalue weighted by Gasteiger charge is 2.56. The summed E-state index contributed by atoms with van der Waals surface area (Å²) in [4.78, 5) is 0. The van der Waals surface area contributed by atoms with Crippen molar-refractivity contribution in [1.82, 2.24) is 0 Å². The van der Waals surface area contributed by atoms with E-state index in [0.29, 0.717) is 5.76 Å². The van der Waals surface area contributed by atoms with Gasteiger partial charge in [-0.25, -0.2) is 0 Å². The standard InChI is InChI=1S/C7H6O4/c1-2-8-5-3-9-6-7(1,5)11-4-10-6/h1-3,6H,4H2. The first-order valence-electron chi connectivity index (χ1n) is 3.38. The molecule has 0 amide bonds. The molecule has 0 aromatic rings. The predicted molar refractivity (Wildman–Crippen MR) is 32.9 cm³/mol. The number of hydrogen-bond donors (Lipinski definition) is 0. The van der Waals surface area contributed by atoms with Crippen molar-refractivity contribution < 1.29 is 18.9 Å². The Kier molecular flexibility index (Phi) is 0.816. The van der Waals surface area contributed by atoms with Crippen LogP contribution in [-0.2, 0) is 18.9 Å². The van der Waals surface area contributed by atoms with Crippen LogP contribution in [0.1, 0.15) is 0 Å². The summed E-state index contributed by atoms with van der Waals surface area (Å²) in [5.41, 5.74) is -0.569. The van der Waals surface area contributed by atoms with Gasteiger partial charge in [0.05, 0.1) is 6.26 Å². The Balaban J connectivity index is 2.11. The lowest BCUT2D eigenvalue weighted by atomic mass is 10.1. The Labute approximate surface area is 63.0 Å². The van der Waals surface area contributed by atoms with E-state index in [9.17, 15) is 0 Å². The van der Waals surface area contributed by atoms with Crippen LogP contribution in [0.15, 0.2) is 24.4 Å².